The van der Waals surface area contributed by atoms with E-state index in [1.165, 1.54) is 50.8 Å². The Morgan fingerprint density at radius 3 is 2.40 bits per heavy atom. The highest BCUT2D eigenvalue weighted by atomic mass is 16.3. The molecule has 3 rings (SSSR count). The molecule has 2 atom stereocenters. The van der Waals surface area contributed by atoms with Crippen molar-refractivity contribution in [1.82, 2.24) is 4.90 Å². The molecule has 2 aliphatic rings. The molecule has 110 valence electrons. The second-order valence-electron chi connectivity index (χ2n) is 6.69. The third kappa shape index (κ3) is 3.62. The minimum atomic E-state index is -0.0305. The normalized spacial score (nSPS) is 28.9. The highest BCUT2D eigenvalue weighted by Gasteiger charge is 2.28. The molecular weight excluding hydrogens is 246 g/mol. The predicted molar refractivity (Wildman–Crippen MR) is 82.7 cm³/mol. The zero-order valence-corrected chi connectivity index (χ0v) is 12.4. The van der Waals surface area contributed by atoms with E-state index in [0.29, 0.717) is 5.92 Å². The van der Waals surface area contributed by atoms with Gasteiger partial charge < -0.3 is 10.0 Å². The molecule has 0 radical (unpaired) electrons. The number of hydrogen-bond acceptors (Lipinski definition) is 2. The lowest BCUT2D eigenvalue weighted by Crippen LogP contribution is -2.39. The number of benzene rings is 1. The van der Waals surface area contributed by atoms with Gasteiger partial charge in [-0.15, -0.1) is 0 Å². The van der Waals surface area contributed by atoms with E-state index >= 15 is 0 Å². The molecule has 1 aliphatic carbocycles. The van der Waals surface area contributed by atoms with Crippen molar-refractivity contribution in [2.24, 2.45) is 11.8 Å². The van der Waals surface area contributed by atoms with E-state index in [0.717, 1.165) is 18.9 Å². The minimum absolute atomic E-state index is 0.0305. The Balaban J connectivity index is 1.43. The van der Waals surface area contributed by atoms with Crippen LogP contribution in [0.25, 0.3) is 0 Å². The summed E-state index contributed by atoms with van der Waals surface area (Å²) in [4.78, 5) is 2.58. The van der Waals surface area contributed by atoms with Crippen molar-refractivity contribution in [2.75, 3.05) is 19.6 Å². The van der Waals surface area contributed by atoms with Crippen molar-refractivity contribution in [3.05, 3.63) is 35.9 Å². The van der Waals surface area contributed by atoms with E-state index in [4.69, 9.17) is 0 Å². The first-order valence-electron chi connectivity index (χ1n) is 8.25. The Kier molecular flexibility index (Phi) is 4.74. The van der Waals surface area contributed by atoms with Gasteiger partial charge in [0.1, 0.15) is 0 Å². The van der Waals surface area contributed by atoms with Gasteiger partial charge in [0.15, 0.2) is 0 Å². The van der Waals surface area contributed by atoms with Crippen LogP contribution in [0, 0.1) is 11.8 Å². The monoisotopic (exact) mass is 273 g/mol. The number of likely N-dealkylation sites (tertiary alicyclic amines) is 1. The van der Waals surface area contributed by atoms with Gasteiger partial charge in [-0.05, 0) is 62.6 Å². The summed E-state index contributed by atoms with van der Waals surface area (Å²) in [6.45, 7) is 3.57. The molecule has 0 bridgehead atoms. The maximum atomic E-state index is 9.94. The summed E-state index contributed by atoms with van der Waals surface area (Å²) in [7, 11) is 0. The number of aliphatic hydroxyl groups is 1. The molecule has 2 fully saturated rings. The fourth-order valence-corrected chi connectivity index (χ4v) is 3.88. The fourth-order valence-electron chi connectivity index (χ4n) is 3.88. The summed E-state index contributed by atoms with van der Waals surface area (Å²) in [5, 5.41) is 9.94. The summed E-state index contributed by atoms with van der Waals surface area (Å²) in [6, 6.07) is 10.9. The van der Waals surface area contributed by atoms with E-state index in [-0.39, 0.29) is 6.10 Å². The van der Waals surface area contributed by atoms with Crippen molar-refractivity contribution in [3.8, 4) is 0 Å². The van der Waals surface area contributed by atoms with Crippen molar-refractivity contribution in [3.63, 3.8) is 0 Å². The van der Waals surface area contributed by atoms with Crippen LogP contribution in [-0.2, 0) is 6.42 Å². The van der Waals surface area contributed by atoms with Crippen molar-refractivity contribution >= 4 is 0 Å². The van der Waals surface area contributed by atoms with Gasteiger partial charge in [0, 0.05) is 6.54 Å². The lowest BCUT2D eigenvalue weighted by molar-refractivity contribution is 0.0868. The maximum Gasteiger partial charge on any atom is 0.0580 e. The molecule has 20 heavy (non-hydrogen) atoms. The summed E-state index contributed by atoms with van der Waals surface area (Å²) >= 11 is 0. The van der Waals surface area contributed by atoms with Crippen LogP contribution in [0.3, 0.4) is 0 Å². The Morgan fingerprint density at radius 2 is 1.75 bits per heavy atom. The SMILES string of the molecule is OC1CCCC1CN1CCC(Cc2ccccc2)CC1. The molecular formula is C18H27NO. The molecule has 2 nitrogen and oxygen atoms in total. The standard InChI is InChI=1S/C18H27NO/c20-18-8-4-7-17(18)14-19-11-9-16(10-12-19)13-15-5-2-1-3-6-15/h1-3,5-6,16-18,20H,4,7-14H2. The fraction of sp³-hybridized carbons (Fsp3) is 0.667. The molecule has 1 heterocycles. The second-order valence-corrected chi connectivity index (χ2v) is 6.69. The molecule has 1 N–H and O–H groups in total. The zero-order valence-electron chi connectivity index (χ0n) is 12.4. The molecule has 2 heteroatoms. The molecule has 2 unspecified atom stereocenters. The van der Waals surface area contributed by atoms with Crippen LogP contribution < -0.4 is 0 Å². The first-order chi connectivity index (χ1) is 9.81. The highest BCUT2D eigenvalue weighted by Crippen LogP contribution is 2.28. The molecule has 1 aromatic carbocycles. The van der Waals surface area contributed by atoms with Gasteiger partial charge in [-0.1, -0.05) is 36.8 Å². The Hall–Kier alpha value is -0.860. The Labute approximate surface area is 122 Å². The molecule has 1 aromatic rings. The average molecular weight is 273 g/mol. The maximum absolute atomic E-state index is 9.94. The molecule has 1 saturated carbocycles. The van der Waals surface area contributed by atoms with Crippen LogP contribution in [0.5, 0.6) is 0 Å². The van der Waals surface area contributed by atoms with Crippen LogP contribution in [0.15, 0.2) is 30.3 Å². The molecule has 0 spiro atoms. The number of aliphatic hydroxyl groups excluding tert-OH is 1. The van der Waals surface area contributed by atoms with Gasteiger partial charge in [-0.2, -0.15) is 0 Å². The number of piperidine rings is 1. The predicted octanol–water partition coefficient (Wildman–Crippen LogP) is 3.10. The number of hydrogen-bond donors (Lipinski definition) is 1. The van der Waals surface area contributed by atoms with Crippen LogP contribution in [-0.4, -0.2) is 35.7 Å². The molecule has 0 amide bonds. The van der Waals surface area contributed by atoms with Gasteiger partial charge >= 0.3 is 0 Å². The van der Waals surface area contributed by atoms with Gasteiger partial charge in [0.25, 0.3) is 0 Å². The third-order valence-electron chi connectivity index (χ3n) is 5.19. The van der Waals surface area contributed by atoms with E-state index in [1.54, 1.807) is 0 Å². The lowest BCUT2D eigenvalue weighted by Gasteiger charge is -2.34. The van der Waals surface area contributed by atoms with Crippen LogP contribution in [0.1, 0.15) is 37.7 Å². The molecule has 0 aromatic heterocycles. The van der Waals surface area contributed by atoms with Gasteiger partial charge in [0.05, 0.1) is 6.10 Å². The second kappa shape index (κ2) is 6.73. The van der Waals surface area contributed by atoms with E-state index in [2.05, 4.69) is 35.2 Å². The largest absolute Gasteiger partial charge is 0.393 e. The summed E-state index contributed by atoms with van der Waals surface area (Å²) < 4.78 is 0. The van der Waals surface area contributed by atoms with Crippen LogP contribution in [0.4, 0.5) is 0 Å². The highest BCUT2D eigenvalue weighted by molar-refractivity contribution is 5.15. The summed E-state index contributed by atoms with van der Waals surface area (Å²) in [5.74, 6) is 1.39. The van der Waals surface area contributed by atoms with E-state index in [9.17, 15) is 5.11 Å². The zero-order chi connectivity index (χ0) is 13.8. The van der Waals surface area contributed by atoms with Crippen LogP contribution >= 0.6 is 0 Å². The molecule has 1 aliphatic heterocycles. The molecule has 1 saturated heterocycles. The topological polar surface area (TPSA) is 23.5 Å². The van der Waals surface area contributed by atoms with Crippen molar-refractivity contribution in [1.29, 1.82) is 0 Å². The van der Waals surface area contributed by atoms with Gasteiger partial charge in [-0.25, -0.2) is 0 Å². The van der Waals surface area contributed by atoms with E-state index < -0.39 is 0 Å². The first-order valence-corrected chi connectivity index (χ1v) is 8.25. The summed E-state index contributed by atoms with van der Waals surface area (Å²) in [5.41, 5.74) is 1.48. The number of nitrogens with zero attached hydrogens (tertiary/aromatic N) is 1. The van der Waals surface area contributed by atoms with Crippen molar-refractivity contribution in [2.45, 2.75) is 44.6 Å². The smallest absolute Gasteiger partial charge is 0.0580 e. The summed E-state index contributed by atoms with van der Waals surface area (Å²) in [6.07, 6.45) is 7.31. The average Bonchev–Trinajstić information content (AvgIpc) is 2.88. The Morgan fingerprint density at radius 1 is 1.00 bits per heavy atom. The minimum Gasteiger partial charge on any atom is -0.393 e. The van der Waals surface area contributed by atoms with Gasteiger partial charge in [0.2, 0.25) is 0 Å². The number of rotatable bonds is 4. The van der Waals surface area contributed by atoms with Crippen molar-refractivity contribution < 1.29 is 5.11 Å². The van der Waals surface area contributed by atoms with Crippen LogP contribution in [0.2, 0.25) is 0 Å². The quantitative estimate of drug-likeness (QED) is 0.911. The van der Waals surface area contributed by atoms with Gasteiger partial charge in [-0.3, -0.25) is 0 Å². The third-order valence-corrected chi connectivity index (χ3v) is 5.19. The van der Waals surface area contributed by atoms with E-state index in [1.807, 2.05) is 0 Å². The lowest BCUT2D eigenvalue weighted by atomic mass is 9.89. The Bertz CT molecular complexity index is 397. The first kappa shape index (κ1) is 14.1.